The quantitative estimate of drug-likeness (QED) is 0.653. The van der Waals surface area contributed by atoms with Crippen molar-refractivity contribution in [3.8, 4) is 5.75 Å². The van der Waals surface area contributed by atoms with Crippen LogP contribution in [0, 0.1) is 6.92 Å². The molecule has 2 N–H and O–H groups in total. The van der Waals surface area contributed by atoms with Gasteiger partial charge in [0.2, 0.25) is 0 Å². The summed E-state index contributed by atoms with van der Waals surface area (Å²) in [6, 6.07) is 0. The maximum absolute atomic E-state index is 9.50. The zero-order chi connectivity index (χ0) is 8.72. The molecule has 0 aliphatic heterocycles. The number of H-pyrrole nitrogens is 1. The van der Waals surface area contributed by atoms with Gasteiger partial charge in [0.15, 0.2) is 5.65 Å². The molecule has 0 atom stereocenters. The standard InChI is InChI=1S/C7H6ClN3O/c1-3-5-6(12)4(8)2-9-7(5)11-10-3/h2H,1H3,(H2,9,10,11,12). The summed E-state index contributed by atoms with van der Waals surface area (Å²) in [5.41, 5.74) is 1.24. The predicted molar refractivity (Wildman–Crippen MR) is 45.3 cm³/mol. The maximum Gasteiger partial charge on any atom is 0.159 e. The first-order chi connectivity index (χ1) is 5.70. The van der Waals surface area contributed by atoms with Gasteiger partial charge in [-0.1, -0.05) is 11.6 Å². The number of nitrogens with one attached hydrogen (secondary N) is 1. The summed E-state index contributed by atoms with van der Waals surface area (Å²) in [7, 11) is 0. The maximum atomic E-state index is 9.50. The molecule has 0 aromatic carbocycles. The molecule has 5 heteroatoms. The number of aromatic amines is 1. The van der Waals surface area contributed by atoms with Crippen LogP contribution in [0.5, 0.6) is 5.75 Å². The van der Waals surface area contributed by atoms with Gasteiger partial charge in [-0.2, -0.15) is 5.10 Å². The number of aromatic nitrogens is 3. The molecular formula is C7H6ClN3O. The van der Waals surface area contributed by atoms with E-state index in [1.54, 1.807) is 6.92 Å². The molecule has 2 rings (SSSR count). The molecule has 2 aromatic rings. The van der Waals surface area contributed by atoms with Gasteiger partial charge < -0.3 is 5.11 Å². The molecule has 0 spiro atoms. The molecule has 0 aliphatic carbocycles. The van der Waals surface area contributed by atoms with Crippen molar-refractivity contribution >= 4 is 22.6 Å². The van der Waals surface area contributed by atoms with Gasteiger partial charge in [0.25, 0.3) is 0 Å². The Morgan fingerprint density at radius 1 is 1.58 bits per heavy atom. The van der Waals surface area contributed by atoms with Crippen LogP contribution in [0.2, 0.25) is 5.02 Å². The average molecular weight is 184 g/mol. The predicted octanol–water partition coefficient (Wildman–Crippen LogP) is 1.63. The lowest BCUT2D eigenvalue weighted by molar-refractivity contribution is 0.481. The van der Waals surface area contributed by atoms with Gasteiger partial charge in [-0.05, 0) is 6.92 Å². The lowest BCUT2D eigenvalue weighted by atomic mass is 10.2. The molecule has 62 valence electrons. The Labute approximate surface area is 73.2 Å². The molecule has 2 aromatic heterocycles. The molecule has 0 amide bonds. The summed E-state index contributed by atoms with van der Waals surface area (Å²) in [6.07, 6.45) is 1.39. The van der Waals surface area contributed by atoms with Gasteiger partial charge >= 0.3 is 0 Å². The Morgan fingerprint density at radius 3 is 3.08 bits per heavy atom. The minimum Gasteiger partial charge on any atom is -0.505 e. The highest BCUT2D eigenvalue weighted by atomic mass is 35.5. The number of rotatable bonds is 0. The van der Waals surface area contributed by atoms with Gasteiger partial charge in [-0.3, -0.25) is 5.10 Å². The highest BCUT2D eigenvalue weighted by Gasteiger charge is 2.10. The van der Waals surface area contributed by atoms with E-state index in [1.807, 2.05) is 0 Å². The van der Waals surface area contributed by atoms with E-state index in [2.05, 4.69) is 15.2 Å². The lowest BCUT2D eigenvalue weighted by Crippen LogP contribution is -1.78. The largest absolute Gasteiger partial charge is 0.505 e. The van der Waals surface area contributed by atoms with Crippen LogP contribution in [0.15, 0.2) is 6.20 Å². The van der Waals surface area contributed by atoms with Crippen LogP contribution in [0.3, 0.4) is 0 Å². The van der Waals surface area contributed by atoms with Gasteiger partial charge in [-0.15, -0.1) is 0 Å². The van der Waals surface area contributed by atoms with Crippen molar-refractivity contribution in [1.82, 2.24) is 15.2 Å². The average Bonchev–Trinajstić information content (AvgIpc) is 2.41. The fraction of sp³-hybridized carbons (Fsp3) is 0.143. The van der Waals surface area contributed by atoms with E-state index in [0.29, 0.717) is 16.7 Å². The number of nitrogens with zero attached hydrogens (tertiary/aromatic N) is 2. The number of halogens is 1. The SMILES string of the molecule is Cc1n[nH]c2ncc(Cl)c(O)c12. The van der Waals surface area contributed by atoms with Crippen molar-refractivity contribution in [2.45, 2.75) is 6.92 Å². The minimum atomic E-state index is 0.0351. The van der Waals surface area contributed by atoms with Crippen LogP contribution in [0.25, 0.3) is 11.0 Å². The smallest absolute Gasteiger partial charge is 0.159 e. The van der Waals surface area contributed by atoms with Gasteiger partial charge in [0, 0.05) is 0 Å². The summed E-state index contributed by atoms with van der Waals surface area (Å²) in [5.74, 6) is 0.0351. The number of pyridine rings is 1. The van der Waals surface area contributed by atoms with E-state index in [9.17, 15) is 5.11 Å². The lowest BCUT2D eigenvalue weighted by Gasteiger charge is -1.96. The first kappa shape index (κ1) is 7.36. The number of hydrogen-bond donors (Lipinski definition) is 2. The number of hydrogen-bond acceptors (Lipinski definition) is 3. The fourth-order valence-corrected chi connectivity index (χ4v) is 1.24. The van der Waals surface area contributed by atoms with Crippen LogP contribution in [0.1, 0.15) is 5.69 Å². The molecular weight excluding hydrogens is 178 g/mol. The summed E-state index contributed by atoms with van der Waals surface area (Å²) in [5, 5.41) is 16.9. The van der Waals surface area contributed by atoms with Crippen molar-refractivity contribution in [3.63, 3.8) is 0 Å². The van der Waals surface area contributed by atoms with E-state index >= 15 is 0 Å². The van der Waals surface area contributed by atoms with Crippen LogP contribution in [-0.2, 0) is 0 Å². The van der Waals surface area contributed by atoms with Crippen LogP contribution >= 0.6 is 11.6 Å². The number of aryl methyl sites for hydroxylation is 1. The van der Waals surface area contributed by atoms with Crippen molar-refractivity contribution in [2.75, 3.05) is 0 Å². The van der Waals surface area contributed by atoms with Crippen molar-refractivity contribution in [1.29, 1.82) is 0 Å². The Kier molecular flexibility index (Phi) is 1.44. The Hall–Kier alpha value is -1.29. The van der Waals surface area contributed by atoms with Crippen LogP contribution < -0.4 is 0 Å². The molecule has 0 saturated carbocycles. The molecule has 12 heavy (non-hydrogen) atoms. The van der Waals surface area contributed by atoms with E-state index in [1.165, 1.54) is 6.20 Å². The zero-order valence-electron chi connectivity index (χ0n) is 6.30. The minimum absolute atomic E-state index is 0.0351. The van der Waals surface area contributed by atoms with Crippen molar-refractivity contribution in [3.05, 3.63) is 16.9 Å². The third-order valence-corrected chi connectivity index (χ3v) is 1.97. The van der Waals surface area contributed by atoms with E-state index in [4.69, 9.17) is 11.6 Å². The molecule has 0 unspecified atom stereocenters. The van der Waals surface area contributed by atoms with Gasteiger partial charge in [-0.25, -0.2) is 4.98 Å². The Bertz CT molecular complexity index is 437. The van der Waals surface area contributed by atoms with E-state index in [0.717, 1.165) is 0 Å². The zero-order valence-corrected chi connectivity index (χ0v) is 7.05. The second-order valence-corrected chi connectivity index (χ2v) is 2.89. The van der Waals surface area contributed by atoms with Gasteiger partial charge in [0.1, 0.15) is 10.8 Å². The topological polar surface area (TPSA) is 61.8 Å². The molecule has 0 aliphatic rings. The first-order valence-electron chi connectivity index (χ1n) is 3.38. The third-order valence-electron chi connectivity index (χ3n) is 1.70. The van der Waals surface area contributed by atoms with Crippen LogP contribution in [-0.4, -0.2) is 20.3 Å². The van der Waals surface area contributed by atoms with Crippen molar-refractivity contribution < 1.29 is 5.11 Å². The molecule has 4 nitrogen and oxygen atoms in total. The summed E-state index contributed by atoms with van der Waals surface area (Å²) >= 11 is 5.66. The summed E-state index contributed by atoms with van der Waals surface area (Å²) in [6.45, 7) is 1.77. The molecule has 0 bridgehead atoms. The molecule has 0 saturated heterocycles. The number of fused-ring (bicyclic) bond motifs is 1. The molecule has 2 heterocycles. The normalized spacial score (nSPS) is 10.8. The second kappa shape index (κ2) is 2.35. The fourth-order valence-electron chi connectivity index (χ4n) is 1.10. The first-order valence-corrected chi connectivity index (χ1v) is 3.76. The van der Waals surface area contributed by atoms with Crippen molar-refractivity contribution in [2.24, 2.45) is 0 Å². The Balaban J connectivity index is 2.96. The Morgan fingerprint density at radius 2 is 2.33 bits per heavy atom. The number of aromatic hydroxyl groups is 1. The summed E-state index contributed by atoms with van der Waals surface area (Å²) < 4.78 is 0. The molecule has 0 fully saturated rings. The molecule has 0 radical (unpaired) electrons. The van der Waals surface area contributed by atoms with Gasteiger partial charge in [0.05, 0.1) is 17.3 Å². The summed E-state index contributed by atoms with van der Waals surface area (Å²) in [4.78, 5) is 3.95. The second-order valence-electron chi connectivity index (χ2n) is 2.49. The van der Waals surface area contributed by atoms with E-state index < -0.39 is 0 Å². The highest BCUT2D eigenvalue weighted by Crippen LogP contribution is 2.31. The van der Waals surface area contributed by atoms with E-state index in [-0.39, 0.29) is 10.8 Å². The third kappa shape index (κ3) is 0.848. The monoisotopic (exact) mass is 183 g/mol. The van der Waals surface area contributed by atoms with Crippen LogP contribution in [0.4, 0.5) is 0 Å². The highest BCUT2D eigenvalue weighted by molar-refractivity contribution is 6.32.